The molecule has 2 aliphatic rings. The summed E-state index contributed by atoms with van der Waals surface area (Å²) in [5, 5.41) is 21.0. The van der Waals surface area contributed by atoms with Gasteiger partial charge in [0.15, 0.2) is 0 Å². The van der Waals surface area contributed by atoms with E-state index in [2.05, 4.69) is 20.5 Å². The third-order valence-corrected chi connectivity index (χ3v) is 6.49. The largest absolute Gasteiger partial charge is 0.401 e. The van der Waals surface area contributed by atoms with E-state index >= 15 is 4.39 Å². The molecule has 0 bridgehead atoms. The molecule has 2 aliphatic heterocycles. The Hall–Kier alpha value is -3.25. The molecule has 1 aromatic carbocycles. The molecule has 0 amide bonds. The number of fused-ring (bicyclic) bond motifs is 2. The van der Waals surface area contributed by atoms with Crippen LogP contribution in [0.5, 0.6) is 0 Å². The van der Waals surface area contributed by atoms with Crippen molar-refractivity contribution in [2.45, 2.75) is 31.8 Å². The van der Waals surface area contributed by atoms with E-state index in [0.717, 1.165) is 6.20 Å². The number of aliphatic hydroxyl groups excluding tert-OH is 1. The molecular weight excluding hydrogens is 471 g/mol. The van der Waals surface area contributed by atoms with E-state index in [1.807, 2.05) is 0 Å². The van der Waals surface area contributed by atoms with Gasteiger partial charge in [-0.3, -0.25) is 10.00 Å². The lowest BCUT2D eigenvalue weighted by atomic mass is 9.93. The van der Waals surface area contributed by atoms with Crippen LogP contribution in [0, 0.1) is 17.6 Å². The Morgan fingerprint density at radius 3 is 2.60 bits per heavy atom. The number of H-pyrrole nitrogens is 1. The molecule has 3 aromatic rings. The van der Waals surface area contributed by atoms with Crippen LogP contribution in [0.3, 0.4) is 0 Å². The molecule has 0 saturated carbocycles. The van der Waals surface area contributed by atoms with Crippen LogP contribution in [-0.4, -0.2) is 57.2 Å². The van der Waals surface area contributed by atoms with Crippen molar-refractivity contribution in [2.24, 2.45) is 5.92 Å². The first-order chi connectivity index (χ1) is 16.7. The zero-order chi connectivity index (χ0) is 24.7. The van der Waals surface area contributed by atoms with Gasteiger partial charge in [-0.2, -0.15) is 18.3 Å². The van der Waals surface area contributed by atoms with Gasteiger partial charge in [0.25, 0.3) is 0 Å². The van der Waals surface area contributed by atoms with Crippen molar-refractivity contribution in [1.29, 1.82) is 0 Å². The normalized spacial score (nSPS) is 17.9. The Morgan fingerprint density at radius 1 is 1.14 bits per heavy atom. The molecule has 1 unspecified atom stereocenters. The van der Waals surface area contributed by atoms with Crippen LogP contribution in [0.4, 0.5) is 39.1 Å². The van der Waals surface area contributed by atoms with Gasteiger partial charge in [-0.15, -0.1) is 0 Å². The molecule has 1 fully saturated rings. The summed E-state index contributed by atoms with van der Waals surface area (Å²) in [6.07, 6.45) is -2.16. The van der Waals surface area contributed by atoms with Crippen LogP contribution in [0.25, 0.3) is 11.3 Å². The fraction of sp³-hybridized carbons (Fsp3) is 0.391. The number of nitrogens with one attached hydrogen (secondary N) is 2. The molecule has 0 radical (unpaired) electrons. The number of aromatic nitrogens is 3. The number of pyridine rings is 1. The SMILES string of the molecule is OC(C1CCN(CC(F)(F)F)CC1)N1Cc2cc(F)cnc2Nc2cc(F)c(-c3ccn[nH]3)cc21. The van der Waals surface area contributed by atoms with Gasteiger partial charge < -0.3 is 15.3 Å². The van der Waals surface area contributed by atoms with Gasteiger partial charge in [0.05, 0.1) is 29.8 Å². The van der Waals surface area contributed by atoms with Crippen LogP contribution in [0.15, 0.2) is 36.7 Å². The number of aromatic amines is 1. The van der Waals surface area contributed by atoms with Gasteiger partial charge in [0.2, 0.25) is 0 Å². The van der Waals surface area contributed by atoms with E-state index in [-0.39, 0.29) is 31.1 Å². The Balaban J connectivity index is 1.49. The average Bonchev–Trinajstić information content (AvgIpc) is 3.28. The summed E-state index contributed by atoms with van der Waals surface area (Å²) in [6.45, 7) is -0.541. The van der Waals surface area contributed by atoms with Crippen molar-refractivity contribution >= 4 is 17.2 Å². The highest BCUT2D eigenvalue weighted by Gasteiger charge is 2.36. The van der Waals surface area contributed by atoms with Crippen LogP contribution >= 0.6 is 0 Å². The van der Waals surface area contributed by atoms with Crippen molar-refractivity contribution in [3.63, 3.8) is 0 Å². The Labute approximate surface area is 197 Å². The van der Waals surface area contributed by atoms with Crippen molar-refractivity contribution in [2.75, 3.05) is 29.9 Å². The van der Waals surface area contributed by atoms with Crippen LogP contribution < -0.4 is 10.2 Å². The Morgan fingerprint density at radius 2 is 1.91 bits per heavy atom. The first kappa shape index (κ1) is 23.5. The molecule has 35 heavy (non-hydrogen) atoms. The number of anilines is 3. The van der Waals surface area contributed by atoms with Crippen LogP contribution in [0.1, 0.15) is 18.4 Å². The minimum Gasteiger partial charge on any atom is -0.373 e. The van der Waals surface area contributed by atoms with Gasteiger partial charge in [-0.1, -0.05) is 0 Å². The number of rotatable bonds is 4. The molecule has 4 heterocycles. The monoisotopic (exact) mass is 494 g/mol. The van der Waals surface area contributed by atoms with Gasteiger partial charge in [-0.05, 0) is 44.1 Å². The summed E-state index contributed by atoms with van der Waals surface area (Å²) in [5.74, 6) is -1.11. The number of likely N-dealkylation sites (tertiary alicyclic amines) is 1. The average molecular weight is 494 g/mol. The van der Waals surface area contributed by atoms with Gasteiger partial charge in [-0.25, -0.2) is 13.8 Å². The summed E-state index contributed by atoms with van der Waals surface area (Å²) in [5.41, 5.74) is 1.91. The molecule has 0 aliphatic carbocycles. The molecule has 7 nitrogen and oxygen atoms in total. The fourth-order valence-corrected chi connectivity index (χ4v) is 4.78. The first-order valence-corrected chi connectivity index (χ1v) is 11.2. The molecule has 1 atom stereocenters. The second-order valence-corrected chi connectivity index (χ2v) is 8.88. The predicted molar refractivity (Wildman–Crippen MR) is 119 cm³/mol. The quantitative estimate of drug-likeness (QED) is 0.467. The zero-order valence-electron chi connectivity index (χ0n) is 18.5. The van der Waals surface area contributed by atoms with E-state index in [1.165, 1.54) is 23.2 Å². The maximum atomic E-state index is 15.0. The number of benzene rings is 1. The molecule has 1 saturated heterocycles. The number of hydrogen-bond acceptors (Lipinski definition) is 6. The van der Waals surface area contributed by atoms with E-state index in [1.54, 1.807) is 17.0 Å². The first-order valence-electron chi connectivity index (χ1n) is 11.2. The lowest BCUT2D eigenvalue weighted by Gasteiger charge is -2.39. The maximum Gasteiger partial charge on any atom is 0.401 e. The maximum absolute atomic E-state index is 15.0. The van der Waals surface area contributed by atoms with Crippen molar-refractivity contribution in [1.82, 2.24) is 20.1 Å². The topological polar surface area (TPSA) is 80.3 Å². The summed E-state index contributed by atoms with van der Waals surface area (Å²) >= 11 is 0. The second kappa shape index (κ2) is 9.08. The van der Waals surface area contributed by atoms with E-state index < -0.39 is 30.6 Å². The molecule has 2 aromatic heterocycles. The number of halogens is 5. The summed E-state index contributed by atoms with van der Waals surface area (Å²) in [4.78, 5) is 7.03. The lowest BCUT2D eigenvalue weighted by Crippen LogP contribution is -2.47. The predicted octanol–water partition coefficient (Wildman–Crippen LogP) is 4.41. The molecule has 12 heteroatoms. The molecule has 0 spiro atoms. The number of nitrogens with zero attached hydrogens (tertiary/aromatic N) is 4. The lowest BCUT2D eigenvalue weighted by molar-refractivity contribution is -0.149. The number of piperidine rings is 1. The van der Waals surface area contributed by atoms with Crippen LogP contribution in [-0.2, 0) is 6.54 Å². The highest BCUT2D eigenvalue weighted by atomic mass is 19.4. The van der Waals surface area contributed by atoms with E-state index in [9.17, 15) is 22.7 Å². The van der Waals surface area contributed by atoms with Gasteiger partial charge >= 0.3 is 6.18 Å². The summed E-state index contributed by atoms with van der Waals surface area (Å²) < 4.78 is 67.4. The van der Waals surface area contributed by atoms with Gasteiger partial charge in [0.1, 0.15) is 23.7 Å². The summed E-state index contributed by atoms with van der Waals surface area (Å²) in [7, 11) is 0. The molecule has 186 valence electrons. The van der Waals surface area contributed by atoms with Crippen molar-refractivity contribution in [3.05, 3.63) is 53.9 Å². The fourth-order valence-electron chi connectivity index (χ4n) is 4.78. The van der Waals surface area contributed by atoms with E-state index in [4.69, 9.17) is 0 Å². The van der Waals surface area contributed by atoms with Crippen molar-refractivity contribution in [3.8, 4) is 11.3 Å². The number of hydrogen-bond donors (Lipinski definition) is 3. The zero-order valence-corrected chi connectivity index (χ0v) is 18.5. The molecule has 3 N–H and O–H groups in total. The van der Waals surface area contributed by atoms with E-state index in [0.29, 0.717) is 41.3 Å². The highest BCUT2D eigenvalue weighted by molar-refractivity contribution is 5.82. The number of aliphatic hydroxyl groups is 1. The smallest absolute Gasteiger partial charge is 0.373 e. The summed E-state index contributed by atoms with van der Waals surface area (Å²) in [6, 6.07) is 5.74. The minimum atomic E-state index is -4.28. The highest BCUT2D eigenvalue weighted by Crippen LogP contribution is 2.41. The Kier molecular flexibility index (Phi) is 6.09. The minimum absolute atomic E-state index is 0.0675. The van der Waals surface area contributed by atoms with Gasteiger partial charge in [0, 0.05) is 35.9 Å². The third kappa shape index (κ3) is 4.94. The van der Waals surface area contributed by atoms with Crippen LogP contribution in [0.2, 0.25) is 0 Å². The third-order valence-electron chi connectivity index (χ3n) is 6.49. The molecular formula is C23H23F5N6O. The van der Waals surface area contributed by atoms with Crippen molar-refractivity contribution < 1.29 is 27.1 Å². The number of alkyl halides is 3. The Bertz CT molecular complexity index is 1190. The molecule has 5 rings (SSSR count). The second-order valence-electron chi connectivity index (χ2n) is 8.88. The standard InChI is InChI=1S/C23H23F5N6O/c24-15-7-14-11-34(22(35)13-2-5-33(6-3-13)12-23(26,27)28)20-8-16(18-1-4-30-32-18)17(25)9-19(20)31-21(14)29-10-15/h1,4,7-10,13,22,35H,2-3,5-6,11-12H2,(H,29,31)(H,30,32).